The molecule has 1 aromatic heterocycles. The largest absolute Gasteiger partial charge is 0.496 e. The zero-order valence-corrected chi connectivity index (χ0v) is 17.4. The molecule has 0 spiro atoms. The molecule has 1 aromatic carbocycles. The van der Waals surface area contributed by atoms with Crippen molar-refractivity contribution in [2.45, 2.75) is 64.2 Å². The average Bonchev–Trinajstić information content (AvgIpc) is 3.38. The molecule has 1 unspecified atom stereocenters. The molecule has 0 saturated carbocycles. The highest BCUT2D eigenvalue weighted by molar-refractivity contribution is 5.77. The number of carbonyl (C=O) groups excluding carboxylic acids is 1. The molecule has 0 N–H and O–H groups in total. The van der Waals surface area contributed by atoms with Crippen molar-refractivity contribution in [3.63, 3.8) is 0 Å². The Morgan fingerprint density at radius 3 is 2.77 bits per heavy atom. The van der Waals surface area contributed by atoms with Crippen molar-refractivity contribution < 1.29 is 22.7 Å². The third-order valence-corrected chi connectivity index (χ3v) is 6.41. The van der Waals surface area contributed by atoms with E-state index >= 15 is 0 Å². The van der Waals surface area contributed by atoms with E-state index in [-0.39, 0.29) is 23.4 Å². The highest BCUT2D eigenvalue weighted by Crippen LogP contribution is 2.42. The maximum atomic E-state index is 13.8. The average molecular weight is 421 g/mol. The van der Waals surface area contributed by atoms with Crippen LogP contribution in [0.4, 0.5) is 13.2 Å². The first-order valence-corrected chi connectivity index (χ1v) is 10.3. The van der Waals surface area contributed by atoms with Gasteiger partial charge in [0.25, 0.3) is 0 Å². The standard InChI is InChI=1S/C22H26F3N3O2/c1-13-9-10-16-20(13)26-28(21(16)22(23,24)25)12-19(29)27-11-5-7-17(27)15-6-4-8-18(30-3)14(15)2/h4,6,8,13,17H,5,7,9-12H2,1-3H3/t13?,17-/m0/s1. The van der Waals surface area contributed by atoms with Gasteiger partial charge in [-0.2, -0.15) is 18.3 Å². The number of fused-ring (bicyclic) bond motifs is 1. The quantitative estimate of drug-likeness (QED) is 0.723. The van der Waals surface area contributed by atoms with Gasteiger partial charge in [-0.3, -0.25) is 9.48 Å². The SMILES string of the molecule is COc1cccc([C@@H]2CCCN2C(=O)Cn2nc3c(c2C(F)(F)F)CCC3C)c1C. The number of aromatic nitrogens is 2. The summed E-state index contributed by atoms with van der Waals surface area (Å²) in [6, 6.07) is 5.54. The van der Waals surface area contributed by atoms with Gasteiger partial charge in [-0.15, -0.1) is 0 Å². The first kappa shape index (κ1) is 20.8. The third kappa shape index (κ3) is 3.46. The molecule has 1 aliphatic heterocycles. The molecule has 1 aliphatic carbocycles. The predicted molar refractivity (Wildman–Crippen MR) is 105 cm³/mol. The second-order valence-corrected chi connectivity index (χ2v) is 8.23. The molecule has 0 radical (unpaired) electrons. The summed E-state index contributed by atoms with van der Waals surface area (Å²) in [6.45, 7) is 3.95. The fourth-order valence-corrected chi connectivity index (χ4v) is 4.91. The van der Waals surface area contributed by atoms with E-state index in [2.05, 4.69) is 5.10 Å². The monoisotopic (exact) mass is 421 g/mol. The van der Waals surface area contributed by atoms with Gasteiger partial charge in [0.15, 0.2) is 0 Å². The molecular weight excluding hydrogens is 395 g/mol. The summed E-state index contributed by atoms with van der Waals surface area (Å²) in [5, 5.41) is 4.22. The van der Waals surface area contributed by atoms with Crippen LogP contribution in [0.2, 0.25) is 0 Å². The van der Waals surface area contributed by atoms with Crippen molar-refractivity contribution in [3.05, 3.63) is 46.3 Å². The van der Waals surface area contributed by atoms with Crippen molar-refractivity contribution in [2.24, 2.45) is 0 Å². The van der Waals surface area contributed by atoms with E-state index in [0.29, 0.717) is 25.1 Å². The van der Waals surface area contributed by atoms with Gasteiger partial charge in [-0.1, -0.05) is 19.1 Å². The fraction of sp³-hybridized carbons (Fsp3) is 0.545. The van der Waals surface area contributed by atoms with Crippen molar-refractivity contribution >= 4 is 5.91 Å². The van der Waals surface area contributed by atoms with Gasteiger partial charge >= 0.3 is 6.18 Å². The first-order valence-electron chi connectivity index (χ1n) is 10.3. The second-order valence-electron chi connectivity index (χ2n) is 8.23. The van der Waals surface area contributed by atoms with Crippen molar-refractivity contribution in [2.75, 3.05) is 13.7 Å². The number of hydrogen-bond acceptors (Lipinski definition) is 3. The van der Waals surface area contributed by atoms with Crippen LogP contribution in [0.25, 0.3) is 0 Å². The lowest BCUT2D eigenvalue weighted by atomic mass is 9.98. The molecule has 0 bridgehead atoms. The molecule has 1 fully saturated rings. The number of rotatable bonds is 4. The van der Waals surface area contributed by atoms with E-state index < -0.39 is 18.4 Å². The Labute approximate surface area is 173 Å². The molecule has 1 saturated heterocycles. The maximum absolute atomic E-state index is 13.8. The lowest BCUT2D eigenvalue weighted by Crippen LogP contribution is -2.35. The zero-order valence-electron chi connectivity index (χ0n) is 17.4. The van der Waals surface area contributed by atoms with Crippen LogP contribution in [0.1, 0.15) is 66.2 Å². The van der Waals surface area contributed by atoms with Crippen LogP contribution in [0.5, 0.6) is 5.75 Å². The first-order chi connectivity index (χ1) is 14.2. The number of methoxy groups -OCH3 is 1. The number of nitrogens with zero attached hydrogens (tertiary/aromatic N) is 3. The summed E-state index contributed by atoms with van der Waals surface area (Å²) < 4.78 is 47.6. The fourth-order valence-electron chi connectivity index (χ4n) is 4.91. The number of ether oxygens (including phenoxy) is 1. The highest BCUT2D eigenvalue weighted by atomic mass is 19.4. The zero-order chi connectivity index (χ0) is 21.6. The van der Waals surface area contributed by atoms with Gasteiger partial charge in [-0.25, -0.2) is 0 Å². The Bertz CT molecular complexity index is 967. The van der Waals surface area contributed by atoms with Crippen LogP contribution < -0.4 is 4.74 Å². The summed E-state index contributed by atoms with van der Waals surface area (Å²) in [5.74, 6) is 0.388. The van der Waals surface area contributed by atoms with Gasteiger partial charge < -0.3 is 9.64 Å². The van der Waals surface area contributed by atoms with Crippen molar-refractivity contribution in [1.29, 1.82) is 0 Å². The van der Waals surface area contributed by atoms with E-state index in [1.165, 1.54) is 0 Å². The Hall–Kier alpha value is -2.51. The maximum Gasteiger partial charge on any atom is 0.433 e. The second kappa shape index (κ2) is 7.63. The summed E-state index contributed by atoms with van der Waals surface area (Å²) in [5.41, 5.74) is 1.91. The Morgan fingerprint density at radius 2 is 2.07 bits per heavy atom. The molecule has 2 aromatic rings. The van der Waals surface area contributed by atoms with Gasteiger partial charge in [0.1, 0.15) is 18.0 Å². The number of hydrogen-bond donors (Lipinski definition) is 0. The Balaban J connectivity index is 1.63. The van der Waals surface area contributed by atoms with Gasteiger partial charge in [0, 0.05) is 18.0 Å². The summed E-state index contributed by atoms with van der Waals surface area (Å²) in [7, 11) is 1.60. The van der Waals surface area contributed by atoms with Crippen LogP contribution >= 0.6 is 0 Å². The molecule has 2 heterocycles. The van der Waals surface area contributed by atoms with Crippen molar-refractivity contribution in [3.8, 4) is 5.75 Å². The molecule has 2 aliphatic rings. The molecule has 162 valence electrons. The Morgan fingerprint density at radius 1 is 1.30 bits per heavy atom. The minimum atomic E-state index is -4.53. The normalized spacial score (nSPS) is 21.2. The molecule has 1 amide bonds. The number of alkyl halides is 3. The minimum Gasteiger partial charge on any atom is -0.496 e. The molecule has 5 nitrogen and oxygen atoms in total. The van der Waals surface area contributed by atoms with Gasteiger partial charge in [-0.05, 0) is 49.8 Å². The molecule has 2 atom stereocenters. The summed E-state index contributed by atoms with van der Waals surface area (Å²) in [6.07, 6.45) is -1.92. The number of likely N-dealkylation sites (tertiary alicyclic amines) is 1. The molecular formula is C22H26F3N3O2. The third-order valence-electron chi connectivity index (χ3n) is 6.41. The van der Waals surface area contributed by atoms with Crippen LogP contribution in [-0.2, 0) is 23.9 Å². The number of amides is 1. The van der Waals surface area contributed by atoms with Crippen LogP contribution in [0, 0.1) is 6.92 Å². The number of carbonyl (C=O) groups is 1. The van der Waals surface area contributed by atoms with E-state index in [1.54, 1.807) is 12.0 Å². The lowest BCUT2D eigenvalue weighted by Gasteiger charge is -2.27. The molecule has 4 rings (SSSR count). The van der Waals surface area contributed by atoms with Crippen molar-refractivity contribution in [1.82, 2.24) is 14.7 Å². The van der Waals surface area contributed by atoms with Crippen LogP contribution in [0.3, 0.4) is 0 Å². The van der Waals surface area contributed by atoms with E-state index in [0.717, 1.165) is 34.4 Å². The van der Waals surface area contributed by atoms with Gasteiger partial charge in [0.05, 0.1) is 18.8 Å². The predicted octanol–water partition coefficient (Wildman–Crippen LogP) is 4.63. The lowest BCUT2D eigenvalue weighted by molar-refractivity contribution is -0.146. The summed E-state index contributed by atoms with van der Waals surface area (Å²) in [4.78, 5) is 14.8. The van der Waals surface area contributed by atoms with Crippen LogP contribution in [0.15, 0.2) is 18.2 Å². The van der Waals surface area contributed by atoms with E-state index in [4.69, 9.17) is 4.74 Å². The smallest absolute Gasteiger partial charge is 0.433 e. The highest BCUT2D eigenvalue weighted by Gasteiger charge is 2.43. The van der Waals surface area contributed by atoms with Crippen LogP contribution in [-0.4, -0.2) is 34.2 Å². The minimum absolute atomic E-state index is 0.0172. The topological polar surface area (TPSA) is 47.4 Å². The van der Waals surface area contributed by atoms with Gasteiger partial charge in [0.2, 0.25) is 5.91 Å². The number of halogens is 3. The van der Waals surface area contributed by atoms with E-state index in [1.807, 2.05) is 32.0 Å². The number of benzene rings is 1. The Kier molecular flexibility index (Phi) is 5.28. The van der Waals surface area contributed by atoms with E-state index in [9.17, 15) is 18.0 Å². The summed E-state index contributed by atoms with van der Waals surface area (Å²) >= 11 is 0. The molecule has 30 heavy (non-hydrogen) atoms. The molecule has 8 heteroatoms.